The van der Waals surface area contributed by atoms with Gasteiger partial charge in [0.05, 0.1) is 5.92 Å². The average Bonchev–Trinajstić information content (AvgIpc) is 3.35. The third-order valence-electron chi connectivity index (χ3n) is 9.94. The van der Waals surface area contributed by atoms with E-state index in [0.29, 0.717) is 19.3 Å². The van der Waals surface area contributed by atoms with Crippen molar-refractivity contribution in [3.05, 3.63) is 22.8 Å². The minimum Gasteiger partial charge on any atom is -0.459 e. The Hall–Kier alpha value is -3.25. The van der Waals surface area contributed by atoms with Crippen LogP contribution in [0.4, 0.5) is 0 Å². The van der Waals surface area contributed by atoms with Crippen LogP contribution in [0.1, 0.15) is 126 Å². The van der Waals surface area contributed by atoms with Gasteiger partial charge in [0.1, 0.15) is 11.7 Å². The number of fused-ring (bicyclic) bond motifs is 3. The van der Waals surface area contributed by atoms with Gasteiger partial charge in [-0.25, -0.2) is 9.59 Å². The maximum absolute atomic E-state index is 13.4. The van der Waals surface area contributed by atoms with Crippen LogP contribution in [0, 0.1) is 5.92 Å². The quantitative estimate of drug-likeness (QED) is 0.0805. The van der Waals surface area contributed by atoms with Crippen LogP contribution < -0.4 is 0 Å². The molecule has 0 bridgehead atoms. The number of rotatable bonds is 15. The summed E-state index contributed by atoms with van der Waals surface area (Å²) in [5, 5.41) is 24.0. The fourth-order valence-electron chi connectivity index (χ4n) is 7.09. The lowest BCUT2D eigenvalue weighted by molar-refractivity contribution is -0.212. The predicted molar refractivity (Wildman–Crippen MR) is 173 cm³/mol. The average molecular weight is 679 g/mol. The lowest BCUT2D eigenvalue weighted by atomic mass is 9.75. The number of hydrogen-bond acceptors (Lipinski definition) is 12. The van der Waals surface area contributed by atoms with Crippen molar-refractivity contribution in [1.82, 2.24) is 0 Å². The Kier molecular flexibility index (Phi) is 13.0. The number of allylic oxidation sites excluding steroid dienone is 1. The maximum Gasteiger partial charge on any atom is 0.341 e. The molecule has 1 saturated carbocycles. The number of unbranched alkanes of at least 4 members (excludes halogenated alkanes) is 4. The second kappa shape index (κ2) is 16.0. The summed E-state index contributed by atoms with van der Waals surface area (Å²) in [5.74, 6) is -4.88. The van der Waals surface area contributed by atoms with Crippen LogP contribution in [0.5, 0.6) is 0 Å². The highest BCUT2D eigenvalue weighted by Crippen LogP contribution is 2.57. The van der Waals surface area contributed by atoms with Crippen molar-refractivity contribution in [3.8, 4) is 0 Å². The molecule has 0 aromatic carbocycles. The molecule has 8 atom stereocenters. The maximum atomic E-state index is 13.4. The molecule has 270 valence electrons. The molecule has 0 amide bonds. The molecule has 0 spiro atoms. The first-order valence-electron chi connectivity index (χ1n) is 17.3. The third kappa shape index (κ3) is 7.64. The number of hydrogen-bond donors (Lipinski definition) is 2. The van der Waals surface area contributed by atoms with Gasteiger partial charge in [-0.1, -0.05) is 52.5 Å². The normalized spacial score (nSPS) is 32.9. The Balaban J connectivity index is 2.26. The molecule has 2 aliphatic carbocycles. The van der Waals surface area contributed by atoms with E-state index < -0.39 is 83.4 Å². The number of aliphatic hydroxyl groups is 2. The summed E-state index contributed by atoms with van der Waals surface area (Å²) in [6, 6.07) is 0. The SMILES string of the molecule is C/C=C(/C)C(=O)O[C@H]1C(C)=C2[C@H]([C@@H]1OC(=O)CCCCCCC)[C@@](C)(OC(=O)CCC)C[C@H](OC(=O)CCC)[C@@]1(O)[C@H]2OC(=O)[C@@]1(C)O. The summed E-state index contributed by atoms with van der Waals surface area (Å²) in [6.07, 6.45) is 0.781. The van der Waals surface area contributed by atoms with Gasteiger partial charge < -0.3 is 33.9 Å². The molecule has 0 radical (unpaired) electrons. The predicted octanol–water partition coefficient (Wildman–Crippen LogP) is 4.71. The van der Waals surface area contributed by atoms with Crippen LogP contribution in [0.2, 0.25) is 0 Å². The monoisotopic (exact) mass is 678 g/mol. The van der Waals surface area contributed by atoms with Crippen LogP contribution in [0.3, 0.4) is 0 Å². The van der Waals surface area contributed by atoms with Crippen LogP contribution in [0.25, 0.3) is 0 Å². The van der Waals surface area contributed by atoms with Crippen molar-refractivity contribution >= 4 is 29.8 Å². The van der Waals surface area contributed by atoms with Crippen LogP contribution in [0.15, 0.2) is 22.8 Å². The van der Waals surface area contributed by atoms with Gasteiger partial charge in [-0.2, -0.15) is 0 Å². The van der Waals surface area contributed by atoms with Crippen molar-refractivity contribution in [3.63, 3.8) is 0 Å². The fourth-order valence-corrected chi connectivity index (χ4v) is 7.09. The van der Waals surface area contributed by atoms with Crippen LogP contribution >= 0.6 is 0 Å². The van der Waals surface area contributed by atoms with E-state index in [1.165, 1.54) is 0 Å². The second-order valence-electron chi connectivity index (χ2n) is 13.7. The summed E-state index contributed by atoms with van der Waals surface area (Å²) in [5.41, 5.74) is -6.10. The van der Waals surface area contributed by atoms with E-state index in [2.05, 4.69) is 6.92 Å². The van der Waals surface area contributed by atoms with Gasteiger partial charge in [0, 0.05) is 31.3 Å². The van der Waals surface area contributed by atoms with Crippen LogP contribution in [-0.4, -0.2) is 81.3 Å². The van der Waals surface area contributed by atoms with E-state index in [1.807, 2.05) is 0 Å². The van der Waals surface area contributed by atoms with Gasteiger partial charge in [0.15, 0.2) is 29.5 Å². The van der Waals surface area contributed by atoms with Gasteiger partial charge in [0.25, 0.3) is 0 Å². The molecule has 2 fully saturated rings. The summed E-state index contributed by atoms with van der Waals surface area (Å²) >= 11 is 0. The molecule has 1 saturated heterocycles. The molecule has 1 heterocycles. The van der Waals surface area contributed by atoms with Gasteiger partial charge in [-0.05, 0) is 65.0 Å². The number of carbonyl (C=O) groups excluding carboxylic acids is 5. The molecule has 12 nitrogen and oxygen atoms in total. The largest absolute Gasteiger partial charge is 0.459 e. The van der Waals surface area contributed by atoms with E-state index >= 15 is 0 Å². The fraction of sp³-hybridized carbons (Fsp3) is 0.750. The van der Waals surface area contributed by atoms with E-state index in [0.717, 1.165) is 32.6 Å². The highest BCUT2D eigenvalue weighted by Gasteiger charge is 2.76. The smallest absolute Gasteiger partial charge is 0.341 e. The Morgan fingerprint density at radius 2 is 1.48 bits per heavy atom. The van der Waals surface area contributed by atoms with Crippen molar-refractivity contribution < 1.29 is 57.9 Å². The van der Waals surface area contributed by atoms with Gasteiger partial charge in [-0.15, -0.1) is 0 Å². The number of carbonyl (C=O) groups is 5. The molecular formula is C36H54O12. The van der Waals surface area contributed by atoms with E-state index in [-0.39, 0.29) is 36.0 Å². The van der Waals surface area contributed by atoms with Crippen molar-refractivity contribution in [2.75, 3.05) is 0 Å². The highest BCUT2D eigenvalue weighted by molar-refractivity contribution is 5.88. The number of esters is 5. The molecule has 0 unspecified atom stereocenters. The lowest BCUT2D eigenvalue weighted by Gasteiger charge is -2.42. The first-order valence-corrected chi connectivity index (χ1v) is 17.3. The lowest BCUT2D eigenvalue weighted by Crippen LogP contribution is -2.64. The molecule has 1 aliphatic heterocycles. The molecule has 2 N–H and O–H groups in total. The molecule has 0 aromatic rings. The Labute approximate surface area is 283 Å². The minimum atomic E-state index is -2.58. The zero-order chi connectivity index (χ0) is 36.0. The summed E-state index contributed by atoms with van der Waals surface area (Å²) in [4.78, 5) is 66.0. The summed E-state index contributed by atoms with van der Waals surface area (Å²) < 4.78 is 29.8. The van der Waals surface area contributed by atoms with Crippen molar-refractivity contribution in [2.45, 2.75) is 167 Å². The molecular weight excluding hydrogens is 624 g/mol. The molecule has 12 heteroatoms. The van der Waals surface area contributed by atoms with Gasteiger partial charge >= 0.3 is 29.8 Å². The third-order valence-corrected chi connectivity index (χ3v) is 9.94. The summed E-state index contributed by atoms with van der Waals surface area (Å²) in [6.45, 7) is 13.1. The van der Waals surface area contributed by atoms with E-state index in [4.69, 9.17) is 23.7 Å². The Morgan fingerprint density at radius 3 is 2.08 bits per heavy atom. The van der Waals surface area contributed by atoms with Crippen molar-refractivity contribution in [1.29, 1.82) is 0 Å². The van der Waals surface area contributed by atoms with E-state index in [1.54, 1.807) is 47.6 Å². The highest BCUT2D eigenvalue weighted by atomic mass is 16.6. The zero-order valence-electron chi connectivity index (χ0n) is 29.7. The zero-order valence-corrected chi connectivity index (χ0v) is 29.7. The van der Waals surface area contributed by atoms with Gasteiger partial charge in [-0.3, -0.25) is 14.4 Å². The Morgan fingerprint density at radius 1 is 0.875 bits per heavy atom. The minimum absolute atomic E-state index is 0.0213. The summed E-state index contributed by atoms with van der Waals surface area (Å²) in [7, 11) is 0. The molecule has 0 aromatic heterocycles. The molecule has 3 aliphatic rings. The first kappa shape index (κ1) is 39.2. The van der Waals surface area contributed by atoms with Crippen LogP contribution in [-0.2, 0) is 47.7 Å². The Bertz CT molecular complexity index is 1300. The topological polar surface area (TPSA) is 172 Å². The molecule has 3 rings (SSSR count). The van der Waals surface area contributed by atoms with Gasteiger partial charge in [0.2, 0.25) is 0 Å². The molecule has 48 heavy (non-hydrogen) atoms. The first-order chi connectivity index (χ1) is 22.5. The van der Waals surface area contributed by atoms with Crippen molar-refractivity contribution in [2.24, 2.45) is 5.92 Å². The van der Waals surface area contributed by atoms with E-state index in [9.17, 15) is 34.2 Å². The second-order valence-corrected chi connectivity index (χ2v) is 13.7. The number of ether oxygens (including phenoxy) is 5. The standard InChI is InChI=1S/C36H54O12/c1-9-13-14-15-16-19-25(38)45-30-28-27(22(6)29(30)46-32(40)21(5)12-4)31-36(43,35(8,42)33(41)47-31)23(44-24(37)17-10-2)20-34(28,7)48-26(39)18-11-3/h12,23,28-31,42-43H,9-11,13-20H2,1-8H3/b21-12-/t23-,28+,29-,30-,31-,34-,35+,36+/m0/s1.